The number of nitrogens with one attached hydrogen (secondary N) is 1. The van der Waals surface area contributed by atoms with Gasteiger partial charge in [-0.15, -0.1) is 0 Å². The van der Waals surface area contributed by atoms with E-state index in [1.165, 1.54) is 0 Å². The number of aromatic amines is 1. The monoisotopic (exact) mass is 309 g/mol. The van der Waals surface area contributed by atoms with Crippen molar-refractivity contribution < 1.29 is 14.3 Å². The Balaban J connectivity index is 1.51. The Kier molecular flexibility index (Phi) is 4.62. The molecule has 23 heavy (non-hydrogen) atoms. The van der Waals surface area contributed by atoms with Gasteiger partial charge in [-0.25, -0.2) is 0 Å². The van der Waals surface area contributed by atoms with Crippen LogP contribution in [0.1, 0.15) is 17.5 Å². The standard InChI is InChI=1S/C19H19NO3/c1-22-16-9-6-14(7-10-16)13-23-19(21)11-8-15-12-20-18-5-3-2-4-17(15)18/h2-7,9-10,12,20H,8,11,13H2,1H3. The number of carbonyl (C=O) groups excluding carboxylic acids is 1. The number of rotatable bonds is 6. The molecule has 0 radical (unpaired) electrons. The van der Waals surface area contributed by atoms with E-state index >= 15 is 0 Å². The first-order valence-corrected chi connectivity index (χ1v) is 7.60. The van der Waals surface area contributed by atoms with Gasteiger partial charge >= 0.3 is 5.97 Å². The fourth-order valence-corrected chi connectivity index (χ4v) is 2.53. The summed E-state index contributed by atoms with van der Waals surface area (Å²) < 4.78 is 10.4. The lowest BCUT2D eigenvalue weighted by Gasteiger charge is -2.06. The molecule has 0 bridgehead atoms. The summed E-state index contributed by atoms with van der Waals surface area (Å²) in [5.74, 6) is 0.602. The molecule has 0 fully saturated rings. The van der Waals surface area contributed by atoms with E-state index in [-0.39, 0.29) is 12.6 Å². The maximum absolute atomic E-state index is 11.9. The van der Waals surface area contributed by atoms with Crippen molar-refractivity contribution in [2.45, 2.75) is 19.4 Å². The Morgan fingerprint density at radius 2 is 1.87 bits per heavy atom. The molecule has 1 heterocycles. The number of para-hydroxylation sites is 1. The largest absolute Gasteiger partial charge is 0.497 e. The Morgan fingerprint density at radius 3 is 2.65 bits per heavy atom. The zero-order valence-corrected chi connectivity index (χ0v) is 13.0. The third-order valence-corrected chi connectivity index (χ3v) is 3.83. The van der Waals surface area contributed by atoms with Crippen molar-refractivity contribution >= 4 is 16.9 Å². The van der Waals surface area contributed by atoms with Crippen LogP contribution in [0.2, 0.25) is 0 Å². The number of ether oxygens (including phenoxy) is 2. The molecular weight excluding hydrogens is 290 g/mol. The zero-order chi connectivity index (χ0) is 16.1. The summed E-state index contributed by atoms with van der Waals surface area (Å²) in [6.45, 7) is 0.288. The normalized spacial score (nSPS) is 10.7. The number of methoxy groups -OCH3 is 1. The summed E-state index contributed by atoms with van der Waals surface area (Å²) in [4.78, 5) is 15.1. The molecule has 2 aromatic carbocycles. The third kappa shape index (κ3) is 3.72. The molecule has 0 unspecified atom stereocenters. The third-order valence-electron chi connectivity index (χ3n) is 3.83. The molecular formula is C19H19NO3. The van der Waals surface area contributed by atoms with Crippen molar-refractivity contribution in [2.24, 2.45) is 0 Å². The molecule has 4 nitrogen and oxygen atoms in total. The SMILES string of the molecule is COc1ccc(COC(=O)CCc2c[nH]c3ccccc23)cc1. The summed E-state index contributed by atoms with van der Waals surface area (Å²) in [5, 5.41) is 1.16. The minimum Gasteiger partial charge on any atom is -0.497 e. The molecule has 118 valence electrons. The van der Waals surface area contributed by atoms with E-state index in [9.17, 15) is 4.79 Å². The van der Waals surface area contributed by atoms with Crippen LogP contribution < -0.4 is 4.74 Å². The highest BCUT2D eigenvalue weighted by Gasteiger charge is 2.08. The van der Waals surface area contributed by atoms with Crippen molar-refractivity contribution in [1.29, 1.82) is 0 Å². The van der Waals surface area contributed by atoms with Gasteiger partial charge in [-0.1, -0.05) is 30.3 Å². The fourth-order valence-electron chi connectivity index (χ4n) is 2.53. The number of fused-ring (bicyclic) bond motifs is 1. The van der Waals surface area contributed by atoms with Gasteiger partial charge < -0.3 is 14.5 Å². The van der Waals surface area contributed by atoms with E-state index in [1.807, 2.05) is 48.7 Å². The second-order valence-corrected chi connectivity index (χ2v) is 5.37. The van der Waals surface area contributed by atoms with Crippen LogP contribution in [0.4, 0.5) is 0 Å². The van der Waals surface area contributed by atoms with Crippen molar-refractivity contribution in [3.63, 3.8) is 0 Å². The molecule has 0 aliphatic carbocycles. The molecule has 0 saturated heterocycles. The first-order chi connectivity index (χ1) is 11.3. The van der Waals surface area contributed by atoms with Crippen LogP contribution in [-0.4, -0.2) is 18.1 Å². The molecule has 0 aliphatic heterocycles. The minimum absolute atomic E-state index is 0.189. The van der Waals surface area contributed by atoms with Crippen molar-refractivity contribution in [1.82, 2.24) is 4.98 Å². The molecule has 0 saturated carbocycles. The number of aryl methyl sites for hydroxylation is 1. The number of hydrogen-bond acceptors (Lipinski definition) is 3. The fraction of sp³-hybridized carbons (Fsp3) is 0.211. The van der Waals surface area contributed by atoms with Crippen molar-refractivity contribution in [2.75, 3.05) is 7.11 Å². The van der Waals surface area contributed by atoms with Crippen molar-refractivity contribution in [3.8, 4) is 5.75 Å². The van der Waals surface area contributed by atoms with E-state index in [2.05, 4.69) is 11.1 Å². The lowest BCUT2D eigenvalue weighted by Crippen LogP contribution is -2.05. The Bertz CT molecular complexity index is 790. The number of carbonyl (C=O) groups is 1. The molecule has 0 atom stereocenters. The molecule has 1 N–H and O–H groups in total. The van der Waals surface area contributed by atoms with Crippen LogP contribution >= 0.6 is 0 Å². The summed E-state index contributed by atoms with van der Waals surface area (Å²) in [7, 11) is 1.62. The summed E-state index contributed by atoms with van der Waals surface area (Å²) >= 11 is 0. The lowest BCUT2D eigenvalue weighted by atomic mass is 10.1. The maximum atomic E-state index is 11.9. The zero-order valence-electron chi connectivity index (χ0n) is 13.0. The molecule has 4 heteroatoms. The Morgan fingerprint density at radius 1 is 1.09 bits per heavy atom. The highest BCUT2D eigenvalue weighted by molar-refractivity contribution is 5.83. The van der Waals surface area contributed by atoms with Crippen LogP contribution in [-0.2, 0) is 22.6 Å². The van der Waals surface area contributed by atoms with Gasteiger partial charge in [0.05, 0.1) is 7.11 Å². The Labute approximate surface area is 135 Å². The average Bonchev–Trinajstić information content (AvgIpc) is 3.02. The lowest BCUT2D eigenvalue weighted by molar-refractivity contribution is -0.144. The number of hydrogen-bond donors (Lipinski definition) is 1. The van der Waals surface area contributed by atoms with Crippen LogP contribution in [0.3, 0.4) is 0 Å². The molecule has 0 spiro atoms. The second-order valence-electron chi connectivity index (χ2n) is 5.37. The summed E-state index contributed by atoms with van der Waals surface area (Å²) in [6.07, 6.45) is 3.00. The molecule has 0 amide bonds. The number of aromatic nitrogens is 1. The topological polar surface area (TPSA) is 51.3 Å². The number of esters is 1. The predicted octanol–water partition coefficient (Wildman–Crippen LogP) is 3.85. The van der Waals surface area contributed by atoms with E-state index in [4.69, 9.17) is 9.47 Å². The minimum atomic E-state index is -0.189. The van der Waals surface area contributed by atoms with Gasteiger partial charge in [-0.05, 0) is 35.7 Å². The summed E-state index contributed by atoms with van der Waals surface area (Å²) in [5.41, 5.74) is 3.18. The first kappa shape index (κ1) is 15.2. The van der Waals surface area contributed by atoms with Crippen LogP contribution in [0.5, 0.6) is 5.75 Å². The second kappa shape index (κ2) is 7.01. The smallest absolute Gasteiger partial charge is 0.306 e. The van der Waals surface area contributed by atoms with Crippen molar-refractivity contribution in [3.05, 3.63) is 65.9 Å². The van der Waals surface area contributed by atoms with Gasteiger partial charge in [0, 0.05) is 23.5 Å². The number of H-pyrrole nitrogens is 1. The first-order valence-electron chi connectivity index (χ1n) is 7.60. The highest BCUT2D eigenvalue weighted by Crippen LogP contribution is 2.19. The number of benzene rings is 2. The van der Waals surface area contributed by atoms with Crippen LogP contribution in [0.25, 0.3) is 10.9 Å². The van der Waals surface area contributed by atoms with Crippen LogP contribution in [0, 0.1) is 0 Å². The maximum Gasteiger partial charge on any atom is 0.306 e. The molecule has 3 aromatic rings. The van der Waals surface area contributed by atoms with Gasteiger partial charge in [0.25, 0.3) is 0 Å². The van der Waals surface area contributed by atoms with Gasteiger partial charge in [0.1, 0.15) is 12.4 Å². The van der Waals surface area contributed by atoms with Gasteiger partial charge in [0.15, 0.2) is 0 Å². The summed E-state index contributed by atoms with van der Waals surface area (Å²) in [6, 6.07) is 15.6. The molecule has 1 aromatic heterocycles. The quantitative estimate of drug-likeness (QED) is 0.704. The molecule has 0 aliphatic rings. The van der Waals surface area contributed by atoms with E-state index in [1.54, 1.807) is 7.11 Å². The van der Waals surface area contributed by atoms with Gasteiger partial charge in [-0.2, -0.15) is 0 Å². The van der Waals surface area contributed by atoms with E-state index in [0.29, 0.717) is 12.8 Å². The van der Waals surface area contributed by atoms with Crippen LogP contribution in [0.15, 0.2) is 54.7 Å². The molecule has 3 rings (SSSR count). The van der Waals surface area contributed by atoms with Gasteiger partial charge in [-0.3, -0.25) is 4.79 Å². The predicted molar refractivity (Wildman–Crippen MR) is 89.4 cm³/mol. The van der Waals surface area contributed by atoms with Gasteiger partial charge in [0.2, 0.25) is 0 Å². The Hall–Kier alpha value is -2.75. The van der Waals surface area contributed by atoms with E-state index in [0.717, 1.165) is 27.8 Å². The highest BCUT2D eigenvalue weighted by atomic mass is 16.5. The van der Waals surface area contributed by atoms with E-state index < -0.39 is 0 Å². The average molecular weight is 309 g/mol.